The van der Waals surface area contributed by atoms with E-state index in [1.54, 1.807) is 31.2 Å². The molecule has 0 heterocycles. The number of rotatable bonds is 4. The van der Waals surface area contributed by atoms with E-state index in [9.17, 15) is 13.9 Å². The zero-order valence-corrected chi connectivity index (χ0v) is 8.60. The number of aliphatic hydroxyl groups excluding tert-OH is 1. The van der Waals surface area contributed by atoms with Gasteiger partial charge in [-0.1, -0.05) is 12.1 Å². The number of thioether (sulfide) groups is 1. The van der Waals surface area contributed by atoms with Crippen LogP contribution in [0.3, 0.4) is 0 Å². The summed E-state index contributed by atoms with van der Waals surface area (Å²) in [4.78, 5) is 0.801. The maximum absolute atomic E-state index is 11.9. The molecule has 1 unspecified atom stereocenters. The van der Waals surface area contributed by atoms with Crippen LogP contribution in [0.25, 0.3) is 0 Å². The van der Waals surface area contributed by atoms with E-state index in [-0.39, 0.29) is 5.75 Å². The van der Waals surface area contributed by atoms with E-state index in [4.69, 9.17) is 0 Å². The Bertz CT molecular complexity index is 272. The number of aliphatic hydroxyl groups is 1. The molecule has 0 bridgehead atoms. The molecule has 0 saturated heterocycles. The summed E-state index contributed by atoms with van der Waals surface area (Å²) >= 11 is 1.12. The second-order valence-electron chi connectivity index (χ2n) is 2.95. The Morgan fingerprint density at radius 3 is 2.29 bits per heavy atom. The fourth-order valence-electron chi connectivity index (χ4n) is 1.00. The van der Waals surface area contributed by atoms with Crippen molar-refractivity contribution in [2.45, 2.75) is 24.3 Å². The van der Waals surface area contributed by atoms with Crippen molar-refractivity contribution in [2.24, 2.45) is 0 Å². The fraction of sp³-hybridized carbons (Fsp3) is 0.400. The largest absolute Gasteiger partial charge is 0.389 e. The molecule has 0 radical (unpaired) electrons. The molecule has 1 nitrogen and oxygen atoms in total. The van der Waals surface area contributed by atoms with Crippen LogP contribution in [0.1, 0.15) is 18.6 Å². The van der Waals surface area contributed by atoms with E-state index in [0.717, 1.165) is 22.2 Å². The van der Waals surface area contributed by atoms with Crippen LogP contribution in [0.15, 0.2) is 29.2 Å². The Balaban J connectivity index is 2.55. The highest BCUT2D eigenvalue weighted by molar-refractivity contribution is 7.99. The molecule has 0 amide bonds. The summed E-state index contributed by atoms with van der Waals surface area (Å²) < 4.78 is 23.7. The molecule has 0 aliphatic rings. The minimum absolute atomic E-state index is 0.186. The van der Waals surface area contributed by atoms with Crippen molar-refractivity contribution in [2.75, 3.05) is 5.75 Å². The molecule has 0 saturated carbocycles. The Hall–Kier alpha value is -0.610. The third kappa shape index (κ3) is 3.64. The monoisotopic (exact) mass is 218 g/mol. The molecule has 0 aliphatic carbocycles. The molecule has 1 rings (SSSR count). The van der Waals surface area contributed by atoms with Gasteiger partial charge in [-0.25, -0.2) is 8.78 Å². The van der Waals surface area contributed by atoms with Crippen LogP contribution in [0, 0.1) is 0 Å². The van der Waals surface area contributed by atoms with Gasteiger partial charge in [0, 0.05) is 4.90 Å². The Kier molecular flexibility index (Phi) is 4.35. The summed E-state index contributed by atoms with van der Waals surface area (Å²) in [5.74, 6) is -0.186. The molecule has 1 aromatic carbocycles. The molecule has 0 aliphatic heterocycles. The molecule has 1 N–H and O–H groups in total. The van der Waals surface area contributed by atoms with Gasteiger partial charge in [-0.3, -0.25) is 0 Å². The highest BCUT2D eigenvalue weighted by Crippen LogP contribution is 2.22. The lowest BCUT2D eigenvalue weighted by Gasteiger charge is -2.05. The quantitative estimate of drug-likeness (QED) is 0.784. The summed E-state index contributed by atoms with van der Waals surface area (Å²) in [5.41, 5.74) is 0.798. The topological polar surface area (TPSA) is 20.2 Å². The van der Waals surface area contributed by atoms with Crippen LogP contribution in [-0.4, -0.2) is 17.3 Å². The van der Waals surface area contributed by atoms with Crippen LogP contribution in [-0.2, 0) is 0 Å². The number of hydrogen-bond acceptors (Lipinski definition) is 2. The maximum atomic E-state index is 11.9. The average molecular weight is 218 g/mol. The highest BCUT2D eigenvalue weighted by atomic mass is 32.2. The second kappa shape index (κ2) is 5.32. The van der Waals surface area contributed by atoms with Gasteiger partial charge in [0.15, 0.2) is 0 Å². The van der Waals surface area contributed by atoms with Gasteiger partial charge in [0.1, 0.15) is 0 Å². The first-order valence-corrected chi connectivity index (χ1v) is 5.27. The lowest BCUT2D eigenvalue weighted by molar-refractivity contribution is 0.177. The third-order valence-electron chi connectivity index (χ3n) is 1.74. The highest BCUT2D eigenvalue weighted by Gasteiger charge is 2.04. The maximum Gasteiger partial charge on any atom is 0.247 e. The van der Waals surface area contributed by atoms with E-state index >= 15 is 0 Å². The van der Waals surface area contributed by atoms with Crippen molar-refractivity contribution < 1.29 is 13.9 Å². The summed E-state index contributed by atoms with van der Waals surface area (Å²) in [6.07, 6.45) is -2.79. The van der Waals surface area contributed by atoms with Gasteiger partial charge in [-0.2, -0.15) is 0 Å². The SMILES string of the molecule is CC(O)c1ccc(SCC(F)F)cc1. The number of alkyl halides is 2. The minimum Gasteiger partial charge on any atom is -0.389 e. The minimum atomic E-state index is -2.28. The summed E-state index contributed by atoms with van der Waals surface area (Å²) in [7, 11) is 0. The third-order valence-corrected chi connectivity index (χ3v) is 2.76. The van der Waals surface area contributed by atoms with Crippen LogP contribution < -0.4 is 0 Å². The van der Waals surface area contributed by atoms with Crippen molar-refractivity contribution in [1.29, 1.82) is 0 Å². The van der Waals surface area contributed by atoms with Crippen LogP contribution in [0.5, 0.6) is 0 Å². The number of halogens is 2. The van der Waals surface area contributed by atoms with Gasteiger partial charge in [0.2, 0.25) is 6.43 Å². The van der Waals surface area contributed by atoms with E-state index < -0.39 is 12.5 Å². The number of benzene rings is 1. The molecular weight excluding hydrogens is 206 g/mol. The summed E-state index contributed by atoms with van der Waals surface area (Å²) in [6.45, 7) is 1.67. The first-order valence-electron chi connectivity index (χ1n) is 4.28. The van der Waals surface area contributed by atoms with Gasteiger partial charge in [-0.05, 0) is 24.6 Å². The molecular formula is C10H12F2OS. The zero-order chi connectivity index (χ0) is 10.6. The van der Waals surface area contributed by atoms with Crippen molar-refractivity contribution in [3.05, 3.63) is 29.8 Å². The molecule has 0 aromatic heterocycles. The lowest BCUT2D eigenvalue weighted by Crippen LogP contribution is -1.94. The molecule has 1 atom stereocenters. The van der Waals surface area contributed by atoms with Gasteiger partial charge in [0.25, 0.3) is 0 Å². The Labute approximate surface area is 86.1 Å². The summed E-state index contributed by atoms with van der Waals surface area (Å²) in [6, 6.07) is 6.99. The van der Waals surface area contributed by atoms with Crippen LogP contribution in [0.4, 0.5) is 8.78 Å². The lowest BCUT2D eigenvalue weighted by atomic mass is 10.1. The van der Waals surface area contributed by atoms with E-state index in [1.807, 2.05) is 0 Å². The van der Waals surface area contributed by atoms with Crippen LogP contribution in [0.2, 0.25) is 0 Å². The standard InChI is InChI=1S/C10H12F2OS/c1-7(13)8-2-4-9(5-3-8)14-6-10(11)12/h2-5,7,10,13H,6H2,1H3. The molecule has 1 aromatic rings. The molecule has 78 valence electrons. The number of hydrogen-bond donors (Lipinski definition) is 1. The predicted molar refractivity (Wildman–Crippen MR) is 53.8 cm³/mol. The normalized spacial score (nSPS) is 13.2. The first-order chi connectivity index (χ1) is 6.59. The molecule has 0 spiro atoms. The van der Waals surface area contributed by atoms with Crippen LogP contribution >= 0.6 is 11.8 Å². The molecule has 4 heteroatoms. The average Bonchev–Trinajstić information content (AvgIpc) is 2.15. The summed E-state index contributed by atoms with van der Waals surface area (Å²) in [5, 5.41) is 9.21. The first kappa shape index (κ1) is 11.5. The zero-order valence-electron chi connectivity index (χ0n) is 7.78. The van der Waals surface area contributed by atoms with E-state index in [2.05, 4.69) is 0 Å². The Morgan fingerprint density at radius 2 is 1.86 bits per heavy atom. The van der Waals surface area contributed by atoms with E-state index in [0.29, 0.717) is 0 Å². The fourth-order valence-corrected chi connectivity index (χ4v) is 1.65. The van der Waals surface area contributed by atoms with Gasteiger partial charge >= 0.3 is 0 Å². The smallest absolute Gasteiger partial charge is 0.247 e. The predicted octanol–water partition coefficient (Wildman–Crippen LogP) is 3.10. The van der Waals surface area contributed by atoms with Gasteiger partial charge in [-0.15, -0.1) is 11.8 Å². The molecule has 14 heavy (non-hydrogen) atoms. The Morgan fingerprint density at radius 1 is 1.29 bits per heavy atom. The molecule has 0 fully saturated rings. The van der Waals surface area contributed by atoms with Crippen molar-refractivity contribution >= 4 is 11.8 Å². The van der Waals surface area contributed by atoms with Crippen molar-refractivity contribution in [1.82, 2.24) is 0 Å². The van der Waals surface area contributed by atoms with Gasteiger partial charge in [0.05, 0.1) is 11.9 Å². The van der Waals surface area contributed by atoms with Crippen molar-refractivity contribution in [3.63, 3.8) is 0 Å². The van der Waals surface area contributed by atoms with Crippen molar-refractivity contribution in [3.8, 4) is 0 Å². The van der Waals surface area contributed by atoms with E-state index in [1.165, 1.54) is 0 Å². The second-order valence-corrected chi connectivity index (χ2v) is 4.04. The van der Waals surface area contributed by atoms with Gasteiger partial charge < -0.3 is 5.11 Å².